The van der Waals surface area contributed by atoms with Crippen molar-refractivity contribution < 1.29 is 4.39 Å². The number of aromatic nitrogens is 3. The molecule has 0 aliphatic carbocycles. The van der Waals surface area contributed by atoms with E-state index in [0.717, 1.165) is 5.56 Å². The van der Waals surface area contributed by atoms with Crippen molar-refractivity contribution in [3.05, 3.63) is 29.6 Å². The third-order valence-electron chi connectivity index (χ3n) is 2.16. The molecule has 0 saturated heterocycles. The highest BCUT2D eigenvalue weighted by Gasteiger charge is 2.11. The number of anilines is 1. The molecule has 15 heavy (non-hydrogen) atoms. The number of nitrogens with two attached hydrogens (primary N) is 1. The number of nitrogen functional groups attached to an aromatic ring is 1. The molecule has 4 nitrogen and oxygen atoms in total. The molecule has 0 unspecified atom stereocenters. The van der Waals surface area contributed by atoms with Gasteiger partial charge in [-0.3, -0.25) is 0 Å². The number of nitrogens with zero attached hydrogens (tertiary/aromatic N) is 3. The van der Waals surface area contributed by atoms with E-state index in [1.807, 2.05) is 6.92 Å². The largest absolute Gasteiger partial charge is 0.368 e. The van der Waals surface area contributed by atoms with Gasteiger partial charge >= 0.3 is 0 Å². The highest BCUT2D eigenvalue weighted by molar-refractivity contribution is 5.57. The third kappa shape index (κ3) is 1.68. The van der Waals surface area contributed by atoms with Crippen molar-refractivity contribution in [2.24, 2.45) is 7.05 Å². The van der Waals surface area contributed by atoms with E-state index in [2.05, 4.69) is 10.1 Å². The molecule has 0 amide bonds. The fourth-order valence-corrected chi connectivity index (χ4v) is 1.32. The van der Waals surface area contributed by atoms with Crippen LogP contribution in [0.25, 0.3) is 11.4 Å². The van der Waals surface area contributed by atoms with Gasteiger partial charge in [0.25, 0.3) is 0 Å². The van der Waals surface area contributed by atoms with Gasteiger partial charge in [0.15, 0.2) is 5.82 Å². The van der Waals surface area contributed by atoms with Gasteiger partial charge in [0.2, 0.25) is 5.95 Å². The van der Waals surface area contributed by atoms with Gasteiger partial charge in [-0.2, -0.15) is 4.98 Å². The van der Waals surface area contributed by atoms with Crippen molar-refractivity contribution in [3.8, 4) is 11.4 Å². The summed E-state index contributed by atoms with van der Waals surface area (Å²) in [7, 11) is 1.67. The van der Waals surface area contributed by atoms with E-state index < -0.39 is 0 Å². The van der Waals surface area contributed by atoms with Crippen LogP contribution in [0.1, 0.15) is 5.56 Å². The molecular formula is C10H11FN4. The lowest BCUT2D eigenvalue weighted by molar-refractivity contribution is 0.629. The first kappa shape index (κ1) is 9.64. The van der Waals surface area contributed by atoms with Crippen LogP contribution in [-0.4, -0.2) is 14.8 Å². The number of benzene rings is 1. The molecule has 2 aromatic rings. The predicted octanol–water partition coefficient (Wildman–Crippen LogP) is 1.51. The Morgan fingerprint density at radius 2 is 2.13 bits per heavy atom. The van der Waals surface area contributed by atoms with Crippen molar-refractivity contribution in [2.45, 2.75) is 6.92 Å². The molecule has 0 aliphatic heterocycles. The molecule has 2 rings (SSSR count). The summed E-state index contributed by atoms with van der Waals surface area (Å²) in [6, 6.07) is 4.80. The average molecular weight is 206 g/mol. The number of halogens is 1. The van der Waals surface area contributed by atoms with E-state index in [9.17, 15) is 4.39 Å². The van der Waals surface area contributed by atoms with Gasteiger partial charge in [0.05, 0.1) is 5.56 Å². The van der Waals surface area contributed by atoms with Gasteiger partial charge in [-0.25, -0.2) is 9.07 Å². The van der Waals surface area contributed by atoms with Gasteiger partial charge in [-0.15, -0.1) is 5.10 Å². The lowest BCUT2D eigenvalue weighted by Gasteiger charge is -1.99. The molecule has 0 spiro atoms. The Morgan fingerprint density at radius 1 is 1.40 bits per heavy atom. The van der Waals surface area contributed by atoms with Crippen LogP contribution in [0.3, 0.4) is 0 Å². The monoisotopic (exact) mass is 206 g/mol. The zero-order valence-electron chi connectivity index (χ0n) is 8.53. The molecule has 2 N–H and O–H groups in total. The first-order valence-corrected chi connectivity index (χ1v) is 4.51. The van der Waals surface area contributed by atoms with Crippen molar-refractivity contribution in [1.29, 1.82) is 0 Å². The summed E-state index contributed by atoms with van der Waals surface area (Å²) >= 11 is 0. The van der Waals surface area contributed by atoms with Gasteiger partial charge in [0.1, 0.15) is 5.82 Å². The Bertz CT molecular complexity index is 485. The molecule has 5 heteroatoms. The molecule has 1 heterocycles. The maximum atomic E-state index is 13.5. The third-order valence-corrected chi connectivity index (χ3v) is 2.16. The molecule has 0 saturated carbocycles. The van der Waals surface area contributed by atoms with Crippen molar-refractivity contribution in [3.63, 3.8) is 0 Å². The second-order valence-electron chi connectivity index (χ2n) is 3.40. The second kappa shape index (κ2) is 3.34. The quantitative estimate of drug-likeness (QED) is 0.769. The Kier molecular flexibility index (Phi) is 2.15. The first-order chi connectivity index (χ1) is 7.08. The second-order valence-corrected chi connectivity index (χ2v) is 3.40. The van der Waals surface area contributed by atoms with Gasteiger partial charge < -0.3 is 5.73 Å². The number of aryl methyl sites for hydroxylation is 2. The van der Waals surface area contributed by atoms with Crippen molar-refractivity contribution >= 4 is 5.95 Å². The normalized spacial score (nSPS) is 10.6. The average Bonchev–Trinajstić information content (AvgIpc) is 2.51. The lowest BCUT2D eigenvalue weighted by Crippen LogP contribution is -1.97. The minimum Gasteiger partial charge on any atom is -0.368 e. The summed E-state index contributed by atoms with van der Waals surface area (Å²) in [5.74, 6) is 0.244. The molecule has 0 atom stereocenters. The maximum Gasteiger partial charge on any atom is 0.218 e. The van der Waals surface area contributed by atoms with Crippen LogP contribution in [0.4, 0.5) is 10.3 Å². The zero-order chi connectivity index (χ0) is 11.0. The van der Waals surface area contributed by atoms with Crippen molar-refractivity contribution in [2.75, 3.05) is 5.73 Å². The van der Waals surface area contributed by atoms with Crippen LogP contribution in [0.2, 0.25) is 0 Å². The first-order valence-electron chi connectivity index (χ1n) is 4.51. The van der Waals surface area contributed by atoms with Gasteiger partial charge in [0, 0.05) is 7.05 Å². The summed E-state index contributed by atoms with van der Waals surface area (Å²) in [6.07, 6.45) is 0. The summed E-state index contributed by atoms with van der Waals surface area (Å²) < 4.78 is 14.9. The summed E-state index contributed by atoms with van der Waals surface area (Å²) in [6.45, 7) is 1.88. The predicted molar refractivity (Wildman–Crippen MR) is 55.5 cm³/mol. The molecule has 1 aromatic carbocycles. The van der Waals surface area contributed by atoms with E-state index >= 15 is 0 Å². The fraction of sp³-hybridized carbons (Fsp3) is 0.200. The molecule has 1 aromatic heterocycles. The highest BCUT2D eigenvalue weighted by atomic mass is 19.1. The van der Waals surface area contributed by atoms with E-state index in [0.29, 0.717) is 11.4 Å². The van der Waals surface area contributed by atoms with Crippen molar-refractivity contribution in [1.82, 2.24) is 14.8 Å². The van der Waals surface area contributed by atoms with Crippen LogP contribution in [0.5, 0.6) is 0 Å². The van der Waals surface area contributed by atoms with Gasteiger partial charge in [-0.05, 0) is 19.1 Å². The molecule has 0 fully saturated rings. The summed E-state index contributed by atoms with van der Waals surface area (Å²) in [5, 5.41) is 4.02. The Balaban J connectivity index is 2.58. The topological polar surface area (TPSA) is 56.7 Å². The minimum atomic E-state index is -0.341. The molecule has 0 bridgehead atoms. The van der Waals surface area contributed by atoms with E-state index in [4.69, 9.17) is 5.73 Å². The van der Waals surface area contributed by atoms with Crippen LogP contribution in [-0.2, 0) is 7.05 Å². The number of rotatable bonds is 1. The van der Waals surface area contributed by atoms with Crippen LogP contribution in [0, 0.1) is 12.7 Å². The Hall–Kier alpha value is -1.91. The van der Waals surface area contributed by atoms with E-state index in [1.165, 1.54) is 10.7 Å². The SMILES string of the molecule is Cc1ccc(F)c(-c2nc(N)n(C)n2)c1. The highest BCUT2D eigenvalue weighted by Crippen LogP contribution is 2.21. The Labute approximate surface area is 86.6 Å². The molecular weight excluding hydrogens is 195 g/mol. The van der Waals surface area contributed by atoms with Crippen LogP contribution >= 0.6 is 0 Å². The fourth-order valence-electron chi connectivity index (χ4n) is 1.32. The van der Waals surface area contributed by atoms with Crippen LogP contribution < -0.4 is 5.73 Å². The molecule has 0 aliphatic rings. The summed E-state index contributed by atoms with van der Waals surface area (Å²) in [4.78, 5) is 3.97. The van der Waals surface area contributed by atoms with E-state index in [-0.39, 0.29) is 11.8 Å². The molecule has 0 radical (unpaired) electrons. The number of hydrogen-bond acceptors (Lipinski definition) is 3. The maximum absolute atomic E-state index is 13.5. The summed E-state index contributed by atoms with van der Waals surface area (Å²) in [5.41, 5.74) is 6.87. The zero-order valence-corrected chi connectivity index (χ0v) is 8.53. The Morgan fingerprint density at radius 3 is 2.73 bits per heavy atom. The number of hydrogen-bond donors (Lipinski definition) is 1. The standard InChI is InChI=1S/C10H11FN4/c1-6-3-4-8(11)7(5-6)9-13-10(12)15(2)14-9/h3-5H,1-2H3,(H2,12,13,14). The van der Waals surface area contributed by atoms with Crippen LogP contribution in [0.15, 0.2) is 18.2 Å². The van der Waals surface area contributed by atoms with E-state index in [1.54, 1.807) is 19.2 Å². The van der Waals surface area contributed by atoms with Gasteiger partial charge in [-0.1, -0.05) is 11.6 Å². The minimum absolute atomic E-state index is 0.269. The molecule has 78 valence electrons. The lowest BCUT2D eigenvalue weighted by atomic mass is 10.1. The smallest absolute Gasteiger partial charge is 0.218 e.